The normalized spacial score (nSPS) is 16.3. The van der Waals surface area contributed by atoms with Crippen molar-refractivity contribution in [2.45, 2.75) is 45.8 Å². The third kappa shape index (κ3) is 5.31. The molecule has 0 unspecified atom stereocenters. The number of rotatable bonds is 8. The lowest BCUT2D eigenvalue weighted by Gasteiger charge is -2.15. The number of amides is 1. The first-order valence-corrected chi connectivity index (χ1v) is 14.7. The van der Waals surface area contributed by atoms with Crippen LogP contribution in [-0.2, 0) is 17.8 Å². The van der Waals surface area contributed by atoms with Crippen molar-refractivity contribution in [1.82, 2.24) is 20.3 Å². The van der Waals surface area contributed by atoms with Crippen molar-refractivity contribution in [3.8, 4) is 11.1 Å². The van der Waals surface area contributed by atoms with Gasteiger partial charge in [-0.15, -0.1) is 5.10 Å². The Labute approximate surface area is 194 Å². The predicted octanol–water partition coefficient (Wildman–Crippen LogP) is 3.76. The van der Waals surface area contributed by atoms with E-state index in [2.05, 4.69) is 42.2 Å². The number of anilines is 1. The molecule has 0 radical (unpaired) electrons. The molecule has 1 saturated heterocycles. The van der Waals surface area contributed by atoms with Gasteiger partial charge < -0.3 is 10.1 Å². The zero-order chi connectivity index (χ0) is 23.6. The van der Waals surface area contributed by atoms with Crippen LogP contribution in [-0.4, -0.2) is 48.4 Å². The Hall–Kier alpha value is -3.04. The number of aromatic nitrogens is 3. The molecule has 0 bridgehead atoms. The highest BCUT2D eigenvalue weighted by atomic mass is 28.3. The average Bonchev–Trinajstić information content (AvgIpc) is 3.39. The quantitative estimate of drug-likeness (QED) is 0.511. The molecule has 1 fully saturated rings. The van der Waals surface area contributed by atoms with Crippen LogP contribution >= 0.6 is 0 Å². The van der Waals surface area contributed by atoms with Crippen LogP contribution in [0.4, 0.5) is 14.9 Å². The lowest BCUT2D eigenvalue weighted by atomic mass is 10.0. The Kier molecular flexibility index (Phi) is 6.62. The minimum absolute atomic E-state index is 0.332. The molecule has 1 aromatic heterocycles. The molecule has 2 heterocycles. The maximum Gasteiger partial charge on any atom is 0.414 e. The van der Waals surface area contributed by atoms with Crippen LogP contribution < -0.4 is 15.5 Å². The van der Waals surface area contributed by atoms with Crippen molar-refractivity contribution >= 4 is 25.2 Å². The van der Waals surface area contributed by atoms with E-state index in [1.165, 1.54) is 11.0 Å². The second-order valence-electron chi connectivity index (χ2n) is 9.33. The van der Waals surface area contributed by atoms with Gasteiger partial charge in [0.15, 0.2) is 0 Å². The highest BCUT2D eigenvalue weighted by molar-refractivity contribution is 6.88. The fourth-order valence-electron chi connectivity index (χ4n) is 3.74. The number of carbonyl (C=O) groups is 1. The van der Waals surface area contributed by atoms with E-state index in [0.717, 1.165) is 29.5 Å². The number of halogens is 1. The van der Waals surface area contributed by atoms with Gasteiger partial charge in [0.05, 0.1) is 24.1 Å². The molecule has 1 aliphatic rings. The zero-order valence-corrected chi connectivity index (χ0v) is 20.5. The van der Waals surface area contributed by atoms with E-state index in [9.17, 15) is 9.18 Å². The summed E-state index contributed by atoms with van der Waals surface area (Å²) in [6.45, 7) is 11.1. The molecule has 174 valence electrons. The number of hydrogen-bond acceptors (Lipinski definition) is 5. The van der Waals surface area contributed by atoms with Crippen molar-refractivity contribution in [2.24, 2.45) is 0 Å². The molecule has 3 aromatic rings. The fraction of sp³-hybridized carbons (Fsp3) is 0.375. The van der Waals surface area contributed by atoms with E-state index in [1.54, 1.807) is 16.8 Å². The minimum atomic E-state index is -1.55. The molecule has 1 amide bonds. The molecule has 1 atom stereocenters. The molecule has 2 aromatic carbocycles. The maximum absolute atomic E-state index is 15.0. The highest BCUT2D eigenvalue weighted by Crippen LogP contribution is 2.29. The largest absolute Gasteiger partial charge is 0.442 e. The van der Waals surface area contributed by atoms with Gasteiger partial charge in [0.2, 0.25) is 0 Å². The first-order chi connectivity index (χ1) is 15.7. The monoisotopic (exact) mass is 467 g/mol. The molecule has 0 saturated carbocycles. The number of benzene rings is 2. The number of ether oxygens (including phenoxy) is 1. The smallest absolute Gasteiger partial charge is 0.414 e. The maximum atomic E-state index is 15.0. The fourth-order valence-corrected chi connectivity index (χ4v) is 4.63. The number of nitrogens with one attached hydrogen (secondary N) is 1. The van der Waals surface area contributed by atoms with Gasteiger partial charge in [0.25, 0.3) is 0 Å². The summed E-state index contributed by atoms with van der Waals surface area (Å²) in [4.78, 5) is 13.9. The predicted molar refractivity (Wildman–Crippen MR) is 130 cm³/mol. The molecule has 1 aliphatic heterocycles. The van der Waals surface area contributed by atoms with Gasteiger partial charge in [-0.1, -0.05) is 56.0 Å². The summed E-state index contributed by atoms with van der Waals surface area (Å²) in [5.74, 6) is -0.376. The Morgan fingerprint density at radius 1 is 1.18 bits per heavy atom. The summed E-state index contributed by atoms with van der Waals surface area (Å²) >= 11 is 0. The lowest BCUT2D eigenvalue weighted by Crippen LogP contribution is -2.38. The van der Waals surface area contributed by atoms with Gasteiger partial charge in [0, 0.05) is 18.3 Å². The molecule has 0 aliphatic carbocycles. The van der Waals surface area contributed by atoms with Gasteiger partial charge in [-0.3, -0.25) is 4.90 Å². The molecular weight excluding hydrogens is 437 g/mol. The van der Waals surface area contributed by atoms with Gasteiger partial charge in [-0.05, 0) is 35.9 Å². The van der Waals surface area contributed by atoms with E-state index in [4.69, 9.17) is 4.74 Å². The summed E-state index contributed by atoms with van der Waals surface area (Å²) in [6, 6.07) is 12.7. The van der Waals surface area contributed by atoms with Crippen LogP contribution in [0.25, 0.3) is 11.1 Å². The summed E-state index contributed by atoms with van der Waals surface area (Å²) in [5, 5.41) is 12.7. The van der Waals surface area contributed by atoms with Crippen molar-refractivity contribution < 1.29 is 13.9 Å². The molecule has 1 N–H and O–H groups in total. The van der Waals surface area contributed by atoms with E-state index in [1.807, 2.05) is 30.5 Å². The molecule has 7 nitrogen and oxygen atoms in total. The van der Waals surface area contributed by atoms with Crippen LogP contribution in [0.15, 0.2) is 48.7 Å². The average molecular weight is 468 g/mol. The second kappa shape index (κ2) is 9.44. The molecular formula is C24H30FN5O2Si. The number of cyclic esters (lactones) is 1. The van der Waals surface area contributed by atoms with Crippen LogP contribution in [0, 0.1) is 5.82 Å². The third-order valence-corrected chi connectivity index (χ3v) is 7.45. The highest BCUT2D eigenvalue weighted by Gasteiger charge is 2.33. The zero-order valence-electron chi connectivity index (χ0n) is 19.5. The van der Waals surface area contributed by atoms with Gasteiger partial charge >= 0.3 is 6.09 Å². The standard InChI is InChI=1S/C24H30FN5O2Si/c1-5-26-13-17-6-8-18(9-7-17)21-11-10-19(12-22(21)25)30-15-20(32-24(30)31)14-29-16-23(27-28-29)33(2,3)4/h6-12,16,20,26H,5,13-15H2,1-4H3/t20-/m0/s1. The van der Waals surface area contributed by atoms with Crippen molar-refractivity contribution in [1.29, 1.82) is 0 Å². The summed E-state index contributed by atoms with van der Waals surface area (Å²) < 4.78 is 22.2. The van der Waals surface area contributed by atoms with Crippen LogP contribution in [0.3, 0.4) is 0 Å². The minimum Gasteiger partial charge on any atom is -0.442 e. The number of nitrogens with zero attached hydrogens (tertiary/aromatic N) is 4. The van der Waals surface area contributed by atoms with Crippen LogP contribution in [0.5, 0.6) is 0 Å². The molecule has 4 rings (SSSR count). The summed E-state index contributed by atoms with van der Waals surface area (Å²) in [5.41, 5.74) is 2.92. The Morgan fingerprint density at radius 2 is 1.94 bits per heavy atom. The topological polar surface area (TPSA) is 72.3 Å². The van der Waals surface area contributed by atoms with Crippen molar-refractivity contribution in [2.75, 3.05) is 18.0 Å². The van der Waals surface area contributed by atoms with Crippen LogP contribution in [0.2, 0.25) is 19.6 Å². The number of carbonyl (C=O) groups excluding carboxylic acids is 1. The Morgan fingerprint density at radius 3 is 2.58 bits per heavy atom. The Bertz CT molecular complexity index is 1130. The first kappa shape index (κ1) is 23.1. The van der Waals surface area contributed by atoms with Crippen molar-refractivity contribution in [3.05, 3.63) is 60.0 Å². The second-order valence-corrected chi connectivity index (χ2v) is 14.3. The molecule has 9 heteroatoms. The SMILES string of the molecule is CCNCc1ccc(-c2ccc(N3C[C@H](Cn4cc([Si](C)(C)C)nn4)OC3=O)cc2F)cc1. The van der Waals surface area contributed by atoms with E-state index >= 15 is 0 Å². The Balaban J connectivity index is 1.44. The number of hydrogen-bond donors (Lipinski definition) is 1. The van der Waals surface area contributed by atoms with Gasteiger partial charge in [0.1, 0.15) is 20.0 Å². The lowest BCUT2D eigenvalue weighted by molar-refractivity contribution is 0.129. The van der Waals surface area contributed by atoms with Gasteiger partial charge in [-0.25, -0.2) is 13.9 Å². The van der Waals surface area contributed by atoms with Crippen molar-refractivity contribution in [3.63, 3.8) is 0 Å². The molecule has 0 spiro atoms. The van der Waals surface area contributed by atoms with E-state index < -0.39 is 14.2 Å². The molecule has 33 heavy (non-hydrogen) atoms. The first-order valence-electron chi connectivity index (χ1n) is 11.2. The third-order valence-electron chi connectivity index (χ3n) is 5.68. The van der Waals surface area contributed by atoms with Crippen LogP contribution in [0.1, 0.15) is 12.5 Å². The van der Waals surface area contributed by atoms with Gasteiger partial charge in [-0.2, -0.15) is 0 Å². The summed E-state index contributed by atoms with van der Waals surface area (Å²) in [6.07, 6.45) is 1.08. The van der Waals surface area contributed by atoms with E-state index in [0.29, 0.717) is 24.3 Å². The summed E-state index contributed by atoms with van der Waals surface area (Å²) in [7, 11) is -1.55. The van der Waals surface area contributed by atoms with E-state index in [-0.39, 0.29) is 11.9 Å².